The van der Waals surface area contributed by atoms with E-state index in [9.17, 15) is 9.59 Å². The molecule has 1 aliphatic rings. The van der Waals surface area contributed by atoms with Gasteiger partial charge >= 0.3 is 11.9 Å². The van der Waals surface area contributed by atoms with Crippen molar-refractivity contribution in [3.63, 3.8) is 0 Å². The SMILES string of the molecule is CC[C@@H](C(=O)O)C(=O)OCC1c2ccccc2-c2ccccc21. The highest BCUT2D eigenvalue weighted by molar-refractivity contribution is 5.93. The van der Waals surface area contributed by atoms with Gasteiger partial charge in [-0.1, -0.05) is 55.5 Å². The summed E-state index contributed by atoms with van der Waals surface area (Å²) >= 11 is 0. The molecule has 0 aliphatic heterocycles. The number of carbonyl (C=O) groups is 2. The molecule has 0 unspecified atom stereocenters. The molecule has 0 spiro atoms. The van der Waals surface area contributed by atoms with Crippen LogP contribution in [0.15, 0.2) is 48.5 Å². The molecule has 118 valence electrons. The summed E-state index contributed by atoms with van der Waals surface area (Å²) in [6.07, 6.45) is 0.228. The molecule has 2 aromatic carbocycles. The first-order valence-corrected chi connectivity index (χ1v) is 7.71. The van der Waals surface area contributed by atoms with E-state index in [0.717, 1.165) is 22.3 Å². The highest BCUT2D eigenvalue weighted by Gasteiger charge is 2.31. The fourth-order valence-corrected chi connectivity index (χ4v) is 3.15. The van der Waals surface area contributed by atoms with Crippen molar-refractivity contribution in [3.8, 4) is 11.1 Å². The number of rotatable bonds is 5. The summed E-state index contributed by atoms with van der Waals surface area (Å²) in [6.45, 7) is 1.83. The average Bonchev–Trinajstić information content (AvgIpc) is 2.87. The van der Waals surface area contributed by atoms with Crippen molar-refractivity contribution < 1.29 is 19.4 Å². The molecule has 0 aromatic heterocycles. The molecular formula is C19H18O4. The maximum absolute atomic E-state index is 12.0. The largest absolute Gasteiger partial charge is 0.481 e. The van der Waals surface area contributed by atoms with Crippen LogP contribution in [0.1, 0.15) is 30.4 Å². The summed E-state index contributed by atoms with van der Waals surface area (Å²) in [4.78, 5) is 23.1. The standard InChI is InChI=1S/C19H18O4/c1-2-12(18(20)21)19(22)23-11-17-15-9-5-3-7-13(15)14-8-4-6-10-16(14)17/h3-10,12,17H,2,11H2,1H3,(H,20,21)/t12-/m0/s1. The number of hydrogen-bond donors (Lipinski definition) is 1. The van der Waals surface area contributed by atoms with Gasteiger partial charge in [-0.3, -0.25) is 9.59 Å². The van der Waals surface area contributed by atoms with E-state index in [1.807, 2.05) is 36.4 Å². The summed E-state index contributed by atoms with van der Waals surface area (Å²) in [5.41, 5.74) is 4.53. The van der Waals surface area contributed by atoms with E-state index >= 15 is 0 Å². The van der Waals surface area contributed by atoms with Crippen molar-refractivity contribution in [2.75, 3.05) is 6.61 Å². The predicted octanol–water partition coefficient (Wildman–Crippen LogP) is 3.45. The summed E-state index contributed by atoms with van der Waals surface area (Å²) in [5, 5.41) is 9.05. The van der Waals surface area contributed by atoms with Crippen molar-refractivity contribution in [3.05, 3.63) is 59.7 Å². The smallest absolute Gasteiger partial charge is 0.320 e. The second-order valence-electron chi connectivity index (χ2n) is 5.66. The van der Waals surface area contributed by atoms with Crippen LogP contribution in [0.3, 0.4) is 0 Å². The number of benzene rings is 2. The minimum Gasteiger partial charge on any atom is -0.481 e. The van der Waals surface area contributed by atoms with Crippen molar-refractivity contribution >= 4 is 11.9 Å². The molecule has 0 heterocycles. The van der Waals surface area contributed by atoms with E-state index < -0.39 is 17.9 Å². The van der Waals surface area contributed by atoms with Gasteiger partial charge in [0.15, 0.2) is 5.92 Å². The fourth-order valence-electron chi connectivity index (χ4n) is 3.15. The second-order valence-corrected chi connectivity index (χ2v) is 5.66. The van der Waals surface area contributed by atoms with Gasteiger partial charge in [-0.2, -0.15) is 0 Å². The summed E-state index contributed by atoms with van der Waals surface area (Å²) < 4.78 is 5.33. The first-order chi connectivity index (χ1) is 11.1. The zero-order valence-electron chi connectivity index (χ0n) is 12.9. The third-order valence-electron chi connectivity index (χ3n) is 4.35. The summed E-state index contributed by atoms with van der Waals surface area (Å²) in [7, 11) is 0. The Morgan fingerprint density at radius 1 is 1.04 bits per heavy atom. The van der Waals surface area contributed by atoms with Gasteiger partial charge in [0.1, 0.15) is 6.61 Å². The van der Waals surface area contributed by atoms with Gasteiger partial charge < -0.3 is 9.84 Å². The lowest BCUT2D eigenvalue weighted by Crippen LogP contribution is -2.26. The Hall–Kier alpha value is -2.62. The highest BCUT2D eigenvalue weighted by Crippen LogP contribution is 2.44. The highest BCUT2D eigenvalue weighted by atomic mass is 16.5. The first kappa shape index (κ1) is 15.3. The number of ether oxygens (including phenoxy) is 1. The molecule has 0 saturated heterocycles. The molecule has 3 rings (SSSR count). The third-order valence-corrected chi connectivity index (χ3v) is 4.35. The Morgan fingerprint density at radius 3 is 2.04 bits per heavy atom. The summed E-state index contributed by atoms with van der Waals surface area (Å²) in [5.74, 6) is -2.94. The van der Waals surface area contributed by atoms with Gasteiger partial charge in [0, 0.05) is 5.92 Å². The Bertz CT molecular complexity index is 705. The van der Waals surface area contributed by atoms with E-state index in [1.165, 1.54) is 0 Å². The van der Waals surface area contributed by atoms with Crippen LogP contribution in [0.25, 0.3) is 11.1 Å². The van der Waals surface area contributed by atoms with Crippen molar-refractivity contribution in [1.82, 2.24) is 0 Å². The van der Waals surface area contributed by atoms with Crippen LogP contribution in [0.5, 0.6) is 0 Å². The lowest BCUT2D eigenvalue weighted by Gasteiger charge is -2.16. The molecule has 23 heavy (non-hydrogen) atoms. The maximum atomic E-state index is 12.0. The van der Waals surface area contributed by atoms with Crippen LogP contribution in [-0.4, -0.2) is 23.7 Å². The molecule has 0 radical (unpaired) electrons. The van der Waals surface area contributed by atoms with Crippen LogP contribution in [0.2, 0.25) is 0 Å². The van der Waals surface area contributed by atoms with Crippen LogP contribution in [-0.2, 0) is 14.3 Å². The molecule has 0 saturated carbocycles. The minimum absolute atomic E-state index is 0.0438. The van der Waals surface area contributed by atoms with Crippen LogP contribution in [0.4, 0.5) is 0 Å². The first-order valence-electron chi connectivity index (χ1n) is 7.71. The zero-order valence-corrected chi connectivity index (χ0v) is 12.9. The molecule has 0 fully saturated rings. The van der Waals surface area contributed by atoms with Gasteiger partial charge in [0.05, 0.1) is 0 Å². The molecule has 1 aliphatic carbocycles. The van der Waals surface area contributed by atoms with E-state index in [4.69, 9.17) is 9.84 Å². The predicted molar refractivity (Wildman–Crippen MR) is 86.1 cm³/mol. The number of carboxylic acid groups (broad SMARTS) is 1. The van der Waals surface area contributed by atoms with Crippen LogP contribution in [0, 0.1) is 5.92 Å². The van der Waals surface area contributed by atoms with Crippen molar-refractivity contribution in [1.29, 1.82) is 0 Å². The topological polar surface area (TPSA) is 63.6 Å². The molecule has 1 N–H and O–H groups in total. The number of esters is 1. The van der Waals surface area contributed by atoms with E-state index in [2.05, 4.69) is 12.1 Å². The molecule has 2 aromatic rings. The molecule has 0 amide bonds. The second kappa shape index (κ2) is 6.24. The quantitative estimate of drug-likeness (QED) is 0.678. The van der Waals surface area contributed by atoms with Crippen molar-refractivity contribution in [2.45, 2.75) is 19.3 Å². The molecule has 4 nitrogen and oxygen atoms in total. The van der Waals surface area contributed by atoms with Gasteiger partial charge in [0.2, 0.25) is 0 Å². The number of fused-ring (bicyclic) bond motifs is 3. The Kier molecular flexibility index (Phi) is 4.15. The van der Waals surface area contributed by atoms with Gasteiger partial charge in [0.25, 0.3) is 0 Å². The number of carboxylic acids is 1. The molecule has 1 atom stereocenters. The number of carbonyl (C=O) groups excluding carboxylic acids is 1. The lowest BCUT2D eigenvalue weighted by molar-refractivity contribution is -0.158. The number of hydrogen-bond acceptors (Lipinski definition) is 3. The minimum atomic E-state index is -1.13. The van der Waals surface area contributed by atoms with Crippen LogP contribution < -0.4 is 0 Å². The molecular weight excluding hydrogens is 292 g/mol. The molecule has 0 bridgehead atoms. The molecule has 4 heteroatoms. The van der Waals surface area contributed by atoms with E-state index in [-0.39, 0.29) is 18.9 Å². The van der Waals surface area contributed by atoms with Crippen LogP contribution >= 0.6 is 0 Å². The Morgan fingerprint density at radius 2 is 1.57 bits per heavy atom. The summed E-state index contributed by atoms with van der Waals surface area (Å²) in [6, 6.07) is 16.1. The maximum Gasteiger partial charge on any atom is 0.320 e. The average molecular weight is 310 g/mol. The normalized spacial score (nSPS) is 14.0. The zero-order chi connectivity index (χ0) is 16.4. The fraction of sp³-hybridized carbons (Fsp3) is 0.263. The lowest BCUT2D eigenvalue weighted by atomic mass is 9.98. The van der Waals surface area contributed by atoms with E-state index in [0.29, 0.717) is 0 Å². The Labute approximate surface area is 134 Å². The van der Waals surface area contributed by atoms with E-state index in [1.54, 1.807) is 6.92 Å². The van der Waals surface area contributed by atoms with Gasteiger partial charge in [-0.05, 0) is 28.7 Å². The van der Waals surface area contributed by atoms with Gasteiger partial charge in [-0.15, -0.1) is 0 Å². The van der Waals surface area contributed by atoms with Crippen molar-refractivity contribution in [2.24, 2.45) is 5.92 Å². The number of aliphatic carboxylic acids is 1. The Balaban J connectivity index is 1.84. The third kappa shape index (κ3) is 2.72. The van der Waals surface area contributed by atoms with Gasteiger partial charge in [-0.25, -0.2) is 0 Å². The monoisotopic (exact) mass is 310 g/mol.